The highest BCUT2D eigenvalue weighted by molar-refractivity contribution is 5.53. The minimum absolute atomic E-state index is 0.496. The van der Waals surface area contributed by atoms with Crippen LogP contribution in [0.5, 0.6) is 0 Å². The third-order valence-corrected chi connectivity index (χ3v) is 3.37. The molecule has 1 aromatic carbocycles. The Bertz CT molecular complexity index is 942. The third kappa shape index (κ3) is 2.73. The SMILES string of the molecule is Cc1ccc(-c2nc(CNc3ccc4nnnn4n3)co2)cc1. The van der Waals surface area contributed by atoms with Crippen LogP contribution in [0.25, 0.3) is 17.1 Å². The van der Waals surface area contributed by atoms with Crippen LogP contribution in [0.2, 0.25) is 0 Å². The number of benzene rings is 1. The minimum atomic E-state index is 0.496. The van der Waals surface area contributed by atoms with Gasteiger partial charge in [-0.15, -0.1) is 14.8 Å². The first-order chi connectivity index (χ1) is 11.3. The van der Waals surface area contributed by atoms with E-state index in [-0.39, 0.29) is 0 Å². The fourth-order valence-corrected chi connectivity index (χ4v) is 2.14. The first-order valence-electron chi connectivity index (χ1n) is 7.09. The van der Waals surface area contributed by atoms with Gasteiger partial charge < -0.3 is 9.73 Å². The van der Waals surface area contributed by atoms with Crippen LogP contribution >= 0.6 is 0 Å². The molecule has 0 bridgehead atoms. The summed E-state index contributed by atoms with van der Waals surface area (Å²) in [5.74, 6) is 1.26. The molecule has 0 amide bonds. The van der Waals surface area contributed by atoms with Gasteiger partial charge in [0.2, 0.25) is 5.89 Å². The van der Waals surface area contributed by atoms with Crippen LogP contribution in [0.15, 0.2) is 47.1 Å². The molecular formula is C15H13N7O. The maximum atomic E-state index is 5.53. The van der Waals surface area contributed by atoms with Crippen molar-refractivity contribution in [1.82, 2.24) is 30.2 Å². The second kappa shape index (κ2) is 5.48. The molecule has 4 rings (SSSR count). The molecule has 4 aromatic rings. The zero-order chi connectivity index (χ0) is 15.6. The van der Waals surface area contributed by atoms with E-state index >= 15 is 0 Å². The van der Waals surface area contributed by atoms with Crippen molar-refractivity contribution in [1.29, 1.82) is 0 Å². The van der Waals surface area contributed by atoms with Crippen LogP contribution in [0.3, 0.4) is 0 Å². The van der Waals surface area contributed by atoms with Crippen molar-refractivity contribution in [2.75, 3.05) is 5.32 Å². The molecule has 23 heavy (non-hydrogen) atoms. The number of nitrogens with one attached hydrogen (secondary N) is 1. The lowest BCUT2D eigenvalue weighted by atomic mass is 10.1. The lowest BCUT2D eigenvalue weighted by molar-refractivity contribution is 0.573. The number of aryl methyl sites for hydroxylation is 1. The summed E-state index contributed by atoms with van der Waals surface area (Å²) >= 11 is 0. The van der Waals surface area contributed by atoms with E-state index in [4.69, 9.17) is 4.42 Å². The number of anilines is 1. The van der Waals surface area contributed by atoms with E-state index in [1.807, 2.05) is 37.3 Å². The molecule has 0 aliphatic rings. The van der Waals surface area contributed by atoms with Crippen molar-refractivity contribution in [2.24, 2.45) is 0 Å². The molecule has 0 radical (unpaired) electrons. The van der Waals surface area contributed by atoms with E-state index in [0.29, 0.717) is 23.9 Å². The van der Waals surface area contributed by atoms with Crippen molar-refractivity contribution in [2.45, 2.75) is 13.5 Å². The lowest BCUT2D eigenvalue weighted by Crippen LogP contribution is -2.05. The minimum Gasteiger partial charge on any atom is -0.444 e. The van der Waals surface area contributed by atoms with Gasteiger partial charge in [-0.05, 0) is 41.6 Å². The molecule has 3 heterocycles. The zero-order valence-electron chi connectivity index (χ0n) is 12.3. The van der Waals surface area contributed by atoms with Crippen molar-refractivity contribution >= 4 is 11.5 Å². The number of aromatic nitrogens is 6. The number of fused-ring (bicyclic) bond motifs is 1. The van der Waals surface area contributed by atoms with E-state index in [0.717, 1.165) is 11.3 Å². The van der Waals surface area contributed by atoms with E-state index in [1.165, 1.54) is 10.2 Å². The van der Waals surface area contributed by atoms with Crippen molar-refractivity contribution in [3.8, 4) is 11.5 Å². The van der Waals surface area contributed by atoms with Crippen LogP contribution in [-0.2, 0) is 6.54 Å². The van der Waals surface area contributed by atoms with E-state index in [9.17, 15) is 0 Å². The summed E-state index contributed by atoms with van der Waals surface area (Å²) < 4.78 is 6.89. The van der Waals surface area contributed by atoms with Crippen LogP contribution in [-0.4, -0.2) is 30.2 Å². The van der Waals surface area contributed by atoms with Crippen LogP contribution in [0.1, 0.15) is 11.3 Å². The van der Waals surface area contributed by atoms with Gasteiger partial charge in [-0.1, -0.05) is 17.7 Å². The molecule has 3 aromatic heterocycles. The molecule has 0 saturated heterocycles. The van der Waals surface area contributed by atoms with E-state index < -0.39 is 0 Å². The predicted molar refractivity (Wildman–Crippen MR) is 82.6 cm³/mol. The van der Waals surface area contributed by atoms with Crippen LogP contribution < -0.4 is 5.32 Å². The number of rotatable bonds is 4. The zero-order valence-corrected chi connectivity index (χ0v) is 12.3. The Morgan fingerprint density at radius 1 is 1.13 bits per heavy atom. The second-order valence-electron chi connectivity index (χ2n) is 5.11. The molecule has 0 fully saturated rings. The topological polar surface area (TPSA) is 94.0 Å². The first kappa shape index (κ1) is 13.4. The Hall–Kier alpha value is -3.29. The molecule has 1 N–H and O–H groups in total. The van der Waals surface area contributed by atoms with Gasteiger partial charge in [0.25, 0.3) is 0 Å². The summed E-state index contributed by atoms with van der Waals surface area (Å²) in [5, 5.41) is 18.5. The van der Waals surface area contributed by atoms with Gasteiger partial charge in [-0.25, -0.2) is 4.98 Å². The molecule has 0 aliphatic carbocycles. The normalized spacial score (nSPS) is 11.0. The third-order valence-electron chi connectivity index (χ3n) is 3.37. The van der Waals surface area contributed by atoms with Gasteiger partial charge in [-0.3, -0.25) is 0 Å². The Kier molecular flexibility index (Phi) is 3.19. The molecule has 0 saturated carbocycles. The van der Waals surface area contributed by atoms with Crippen LogP contribution in [0, 0.1) is 6.92 Å². The highest BCUT2D eigenvalue weighted by Gasteiger charge is 2.07. The van der Waals surface area contributed by atoms with Gasteiger partial charge in [0.1, 0.15) is 12.1 Å². The van der Waals surface area contributed by atoms with E-state index in [2.05, 4.69) is 30.9 Å². The summed E-state index contributed by atoms with van der Waals surface area (Å²) in [6, 6.07) is 11.6. The summed E-state index contributed by atoms with van der Waals surface area (Å²) in [7, 11) is 0. The average Bonchev–Trinajstić information content (AvgIpc) is 3.22. The summed E-state index contributed by atoms with van der Waals surface area (Å²) in [5.41, 5.74) is 3.54. The van der Waals surface area contributed by atoms with Gasteiger partial charge in [-0.2, -0.15) is 0 Å². The molecule has 114 valence electrons. The standard InChI is InChI=1S/C15H13N7O/c1-10-2-4-11(5-3-10)15-17-12(9-23-15)8-16-13-6-7-14-18-20-21-22(14)19-13/h2-7,9H,8H2,1H3,(H,16,19). The molecular weight excluding hydrogens is 294 g/mol. The van der Waals surface area contributed by atoms with Crippen molar-refractivity contribution in [3.05, 3.63) is 53.9 Å². The number of hydrogen-bond donors (Lipinski definition) is 1. The molecule has 8 heteroatoms. The van der Waals surface area contributed by atoms with E-state index in [1.54, 1.807) is 12.3 Å². The fraction of sp³-hybridized carbons (Fsp3) is 0.133. The quantitative estimate of drug-likeness (QED) is 0.617. The van der Waals surface area contributed by atoms with Gasteiger partial charge in [0.05, 0.1) is 12.2 Å². The predicted octanol–water partition coefficient (Wildman–Crippen LogP) is 2.09. The Morgan fingerprint density at radius 3 is 2.87 bits per heavy atom. The second-order valence-corrected chi connectivity index (χ2v) is 5.11. The number of hydrogen-bond acceptors (Lipinski definition) is 7. The average molecular weight is 307 g/mol. The molecule has 8 nitrogen and oxygen atoms in total. The Labute approximate surface area is 131 Å². The highest BCUT2D eigenvalue weighted by Crippen LogP contribution is 2.19. The lowest BCUT2D eigenvalue weighted by Gasteiger charge is -2.01. The number of tetrazole rings is 1. The van der Waals surface area contributed by atoms with Crippen molar-refractivity contribution < 1.29 is 4.42 Å². The molecule has 0 spiro atoms. The molecule has 0 unspecified atom stereocenters. The maximum Gasteiger partial charge on any atom is 0.226 e. The summed E-state index contributed by atoms with van der Waals surface area (Å²) in [6.07, 6.45) is 1.64. The summed E-state index contributed by atoms with van der Waals surface area (Å²) in [4.78, 5) is 4.47. The Morgan fingerprint density at radius 2 is 2.00 bits per heavy atom. The van der Waals surface area contributed by atoms with Crippen LogP contribution in [0.4, 0.5) is 5.82 Å². The maximum absolute atomic E-state index is 5.53. The first-order valence-corrected chi connectivity index (χ1v) is 7.09. The molecule has 0 aliphatic heterocycles. The summed E-state index contributed by atoms with van der Waals surface area (Å²) in [6.45, 7) is 2.54. The largest absolute Gasteiger partial charge is 0.444 e. The van der Waals surface area contributed by atoms with Gasteiger partial charge in [0, 0.05) is 5.56 Å². The van der Waals surface area contributed by atoms with Crippen molar-refractivity contribution in [3.63, 3.8) is 0 Å². The van der Waals surface area contributed by atoms with Gasteiger partial charge >= 0.3 is 0 Å². The monoisotopic (exact) mass is 307 g/mol. The highest BCUT2D eigenvalue weighted by atomic mass is 16.3. The smallest absolute Gasteiger partial charge is 0.226 e. The number of nitrogens with zero attached hydrogens (tertiary/aromatic N) is 6. The fourth-order valence-electron chi connectivity index (χ4n) is 2.14. The Balaban J connectivity index is 1.48. The molecule has 0 atom stereocenters. The van der Waals surface area contributed by atoms with Gasteiger partial charge in [0.15, 0.2) is 5.65 Å². The number of oxazole rings is 1.